The largest absolute Gasteiger partial charge is 0.493 e. The van der Waals surface area contributed by atoms with E-state index >= 15 is 0 Å². The summed E-state index contributed by atoms with van der Waals surface area (Å²) in [6.45, 7) is 0.405. The molecule has 3 aromatic rings. The lowest BCUT2D eigenvalue weighted by Gasteiger charge is -2.11. The van der Waals surface area contributed by atoms with E-state index < -0.39 is 0 Å². The lowest BCUT2D eigenvalue weighted by molar-refractivity contribution is 0.0959. The monoisotopic (exact) mass is 454 g/mol. The van der Waals surface area contributed by atoms with Crippen LogP contribution in [-0.4, -0.2) is 19.2 Å². The molecule has 1 aliphatic carbocycles. The highest BCUT2D eigenvalue weighted by molar-refractivity contribution is 7.14. The number of carbonyl (C=O) groups is 1. The molecule has 1 aliphatic rings. The highest BCUT2D eigenvalue weighted by Crippen LogP contribution is 2.30. The third kappa shape index (κ3) is 5.46. The molecule has 1 heterocycles. The topological polar surface area (TPSA) is 59.9 Å². The Hall–Kier alpha value is -2.83. The van der Waals surface area contributed by atoms with Crippen molar-refractivity contribution in [2.24, 2.45) is 5.10 Å². The van der Waals surface area contributed by atoms with Crippen molar-refractivity contribution in [3.63, 3.8) is 0 Å². The zero-order valence-corrected chi connectivity index (χ0v) is 18.8. The average Bonchev–Trinajstić information content (AvgIpc) is 3.23. The second kappa shape index (κ2) is 9.98. The van der Waals surface area contributed by atoms with Crippen molar-refractivity contribution in [1.82, 2.24) is 5.43 Å². The van der Waals surface area contributed by atoms with E-state index in [0.717, 1.165) is 24.0 Å². The van der Waals surface area contributed by atoms with E-state index in [1.54, 1.807) is 24.7 Å². The lowest BCUT2D eigenvalue weighted by atomic mass is 9.99. The van der Waals surface area contributed by atoms with Gasteiger partial charge in [-0.15, -0.1) is 11.3 Å². The van der Waals surface area contributed by atoms with Crippen LogP contribution in [0.1, 0.15) is 44.1 Å². The molecule has 0 bridgehead atoms. The fourth-order valence-corrected chi connectivity index (χ4v) is 4.72. The van der Waals surface area contributed by atoms with Gasteiger partial charge in [-0.1, -0.05) is 23.7 Å². The van der Waals surface area contributed by atoms with Gasteiger partial charge in [0.25, 0.3) is 5.91 Å². The van der Waals surface area contributed by atoms with Crippen LogP contribution in [0.25, 0.3) is 0 Å². The number of carbonyl (C=O) groups excluding carboxylic acids is 1. The first-order chi connectivity index (χ1) is 15.1. The van der Waals surface area contributed by atoms with Crippen LogP contribution in [-0.2, 0) is 19.4 Å². The van der Waals surface area contributed by atoms with Crippen LogP contribution in [0.3, 0.4) is 0 Å². The van der Waals surface area contributed by atoms with Crippen molar-refractivity contribution < 1.29 is 14.3 Å². The van der Waals surface area contributed by atoms with Crippen LogP contribution in [0.15, 0.2) is 53.6 Å². The first-order valence-electron chi connectivity index (χ1n) is 10.1. The van der Waals surface area contributed by atoms with E-state index in [0.29, 0.717) is 28.0 Å². The van der Waals surface area contributed by atoms with Gasteiger partial charge in [0.1, 0.15) is 6.61 Å². The molecule has 1 aromatic heterocycles. The fraction of sp³-hybridized carbons (Fsp3) is 0.250. The maximum atomic E-state index is 12.4. The first-order valence-corrected chi connectivity index (χ1v) is 11.3. The Balaban J connectivity index is 1.36. The molecule has 0 radical (unpaired) electrons. The molecule has 31 heavy (non-hydrogen) atoms. The summed E-state index contributed by atoms with van der Waals surface area (Å²) in [5.74, 6) is 1.04. The van der Waals surface area contributed by atoms with Crippen LogP contribution in [0.4, 0.5) is 0 Å². The maximum Gasteiger partial charge on any atom is 0.281 e. The highest BCUT2D eigenvalue weighted by Gasteiger charge is 2.16. The van der Waals surface area contributed by atoms with Gasteiger partial charge in [-0.3, -0.25) is 4.79 Å². The van der Waals surface area contributed by atoms with E-state index in [1.807, 2.05) is 48.5 Å². The first kappa shape index (κ1) is 21.4. The van der Waals surface area contributed by atoms with Crippen molar-refractivity contribution in [1.29, 1.82) is 0 Å². The number of thiophene rings is 1. The van der Waals surface area contributed by atoms with Crippen molar-refractivity contribution in [3.8, 4) is 11.5 Å². The molecule has 5 nitrogen and oxygen atoms in total. The zero-order valence-electron chi connectivity index (χ0n) is 17.2. The normalized spacial score (nSPS) is 13.1. The van der Waals surface area contributed by atoms with Crippen molar-refractivity contribution in [3.05, 3.63) is 80.0 Å². The summed E-state index contributed by atoms with van der Waals surface area (Å²) in [6, 6.07) is 15.0. The van der Waals surface area contributed by atoms with E-state index in [4.69, 9.17) is 21.1 Å². The molecule has 0 spiro atoms. The molecular weight excluding hydrogens is 432 g/mol. The number of hydrogen-bond acceptors (Lipinski definition) is 5. The van der Waals surface area contributed by atoms with Crippen LogP contribution in [0, 0.1) is 0 Å². The number of benzene rings is 2. The fourth-order valence-electron chi connectivity index (χ4n) is 3.45. The van der Waals surface area contributed by atoms with Gasteiger partial charge in [0.2, 0.25) is 0 Å². The predicted molar refractivity (Wildman–Crippen MR) is 125 cm³/mol. The predicted octanol–water partition coefficient (Wildman–Crippen LogP) is 5.63. The van der Waals surface area contributed by atoms with Crippen molar-refractivity contribution in [2.45, 2.75) is 32.3 Å². The maximum absolute atomic E-state index is 12.4. The molecule has 4 rings (SSSR count). The number of hydrazone groups is 1. The van der Waals surface area contributed by atoms with Gasteiger partial charge < -0.3 is 9.47 Å². The average molecular weight is 455 g/mol. The second-order valence-electron chi connectivity index (χ2n) is 7.29. The molecular formula is C24H23ClN2O3S. The minimum absolute atomic E-state index is 0.175. The summed E-state index contributed by atoms with van der Waals surface area (Å²) in [4.78, 5) is 14.5. The Morgan fingerprint density at radius 2 is 1.94 bits per heavy atom. The number of rotatable bonds is 7. The number of nitrogens with one attached hydrogen (secondary N) is 1. The van der Waals surface area contributed by atoms with Gasteiger partial charge in [-0.05, 0) is 78.8 Å². The van der Waals surface area contributed by atoms with Gasteiger partial charge in [-0.25, -0.2) is 5.43 Å². The minimum atomic E-state index is -0.175. The van der Waals surface area contributed by atoms with Crippen LogP contribution >= 0.6 is 22.9 Å². The summed E-state index contributed by atoms with van der Waals surface area (Å²) < 4.78 is 11.3. The summed E-state index contributed by atoms with van der Waals surface area (Å²) in [5, 5.41) is 4.79. The summed E-state index contributed by atoms with van der Waals surface area (Å²) >= 11 is 7.49. The number of methoxy groups -OCH3 is 1. The third-order valence-corrected chi connectivity index (χ3v) is 6.58. The molecule has 0 saturated carbocycles. The number of aryl methyl sites for hydroxylation is 2. The molecule has 1 N–H and O–H groups in total. The number of hydrogen-bond donors (Lipinski definition) is 1. The lowest BCUT2D eigenvalue weighted by Crippen LogP contribution is -2.16. The van der Waals surface area contributed by atoms with Gasteiger partial charge in [0.05, 0.1) is 18.2 Å². The van der Waals surface area contributed by atoms with Crippen molar-refractivity contribution in [2.75, 3.05) is 7.11 Å². The zero-order chi connectivity index (χ0) is 21.6. The van der Waals surface area contributed by atoms with Gasteiger partial charge in [0, 0.05) is 9.90 Å². The molecule has 0 fully saturated rings. The Kier molecular flexibility index (Phi) is 6.89. The Bertz CT molecular complexity index is 1070. The number of fused-ring (bicyclic) bond motifs is 1. The quantitative estimate of drug-likeness (QED) is 0.371. The van der Waals surface area contributed by atoms with Gasteiger partial charge in [0.15, 0.2) is 11.5 Å². The van der Waals surface area contributed by atoms with Gasteiger partial charge in [-0.2, -0.15) is 5.10 Å². The minimum Gasteiger partial charge on any atom is -0.493 e. The molecule has 0 unspecified atom stereocenters. The molecule has 7 heteroatoms. The number of ether oxygens (including phenoxy) is 2. The molecule has 1 amide bonds. The van der Waals surface area contributed by atoms with E-state index in [9.17, 15) is 4.79 Å². The van der Waals surface area contributed by atoms with Crippen LogP contribution in [0.2, 0.25) is 5.02 Å². The SMILES string of the molecule is COc1cc(C=NNC(=O)c2cc3c(s2)CCCC3)ccc1OCc1ccc(Cl)cc1. The third-order valence-electron chi connectivity index (χ3n) is 5.10. The van der Waals surface area contributed by atoms with Gasteiger partial charge >= 0.3 is 0 Å². The number of halogens is 1. The molecule has 160 valence electrons. The number of amides is 1. The Morgan fingerprint density at radius 1 is 1.13 bits per heavy atom. The summed E-state index contributed by atoms with van der Waals surface area (Å²) in [5.41, 5.74) is 5.73. The van der Waals surface area contributed by atoms with Crippen LogP contribution in [0.5, 0.6) is 11.5 Å². The molecule has 0 saturated heterocycles. The van der Waals surface area contributed by atoms with E-state index in [-0.39, 0.29) is 5.91 Å². The van der Waals surface area contributed by atoms with E-state index in [1.165, 1.54) is 23.3 Å². The second-order valence-corrected chi connectivity index (χ2v) is 8.86. The smallest absolute Gasteiger partial charge is 0.281 e. The molecule has 0 atom stereocenters. The summed E-state index contributed by atoms with van der Waals surface area (Å²) in [6.07, 6.45) is 6.13. The Labute approximate surface area is 190 Å². The van der Waals surface area contributed by atoms with Crippen LogP contribution < -0.4 is 14.9 Å². The summed E-state index contributed by atoms with van der Waals surface area (Å²) in [7, 11) is 1.59. The van der Waals surface area contributed by atoms with Crippen molar-refractivity contribution >= 4 is 35.1 Å². The molecule has 0 aliphatic heterocycles. The van der Waals surface area contributed by atoms with E-state index in [2.05, 4.69) is 10.5 Å². The number of nitrogens with zero attached hydrogens (tertiary/aromatic N) is 1. The highest BCUT2D eigenvalue weighted by atomic mass is 35.5. The standard InChI is InChI=1S/C24H23ClN2O3S/c1-29-21-12-17(8-11-20(21)30-15-16-6-9-19(25)10-7-16)14-26-27-24(28)23-13-18-4-2-3-5-22(18)31-23/h6-14H,2-5,15H2,1H3,(H,27,28). The molecule has 2 aromatic carbocycles. The Morgan fingerprint density at radius 3 is 2.71 bits per heavy atom.